The van der Waals surface area contributed by atoms with E-state index in [1.165, 1.54) is 47.9 Å². The molecule has 2 aromatic carbocycles. The van der Waals surface area contributed by atoms with Crippen LogP contribution in [0.4, 0.5) is 5.69 Å². The topological polar surface area (TPSA) is 131 Å². The number of amides is 2. The van der Waals surface area contributed by atoms with Crippen LogP contribution in [-0.4, -0.2) is 59.7 Å². The Balaban J connectivity index is 1.58. The number of hydrogen-bond acceptors (Lipinski definition) is 7. The molecule has 40 heavy (non-hydrogen) atoms. The number of benzene rings is 2. The second-order valence-corrected chi connectivity index (χ2v) is 12.3. The molecule has 0 radical (unpaired) electrons. The van der Waals surface area contributed by atoms with Crippen molar-refractivity contribution in [1.82, 2.24) is 24.6 Å². The number of furan rings is 1. The highest BCUT2D eigenvalue weighted by molar-refractivity contribution is 7.89. The number of rotatable bonds is 9. The Bertz CT molecular complexity index is 1620. The molecule has 1 saturated carbocycles. The van der Waals surface area contributed by atoms with Crippen LogP contribution < -0.4 is 10.2 Å². The normalized spacial score (nSPS) is 15.0. The second-order valence-electron chi connectivity index (χ2n) is 10.1. The van der Waals surface area contributed by atoms with E-state index in [9.17, 15) is 18.0 Å². The van der Waals surface area contributed by atoms with E-state index >= 15 is 0 Å². The molecule has 2 aromatic heterocycles. The number of anilines is 1. The highest BCUT2D eigenvalue weighted by atomic mass is 32.2. The molecule has 1 fully saturated rings. The third-order valence-corrected chi connectivity index (χ3v) is 8.94. The number of hydrogen-bond donors (Lipinski definition) is 1. The molecule has 5 rings (SSSR count). The van der Waals surface area contributed by atoms with Gasteiger partial charge in [-0.2, -0.15) is 0 Å². The fourth-order valence-corrected chi connectivity index (χ4v) is 5.89. The zero-order valence-electron chi connectivity index (χ0n) is 22.6. The minimum absolute atomic E-state index is 0.00915. The van der Waals surface area contributed by atoms with Gasteiger partial charge in [0.25, 0.3) is 5.91 Å². The van der Waals surface area contributed by atoms with Gasteiger partial charge in [-0.15, -0.1) is 5.10 Å². The standard InChI is InChI=1S/C28H32N6O5S/c1-19-12-17-25(39-19)27(28(36)29-20-8-4-5-9-20)34(21-13-15-22(16-14-21)40(37,38)32(2)3)26(35)18-33-24-11-7-6-10-23(24)30-31-33/h6-7,10-17,20,27H,4-5,8-9,18H2,1-3H3,(H,29,36)/t27-/m0/s1. The van der Waals surface area contributed by atoms with Gasteiger partial charge in [-0.1, -0.05) is 30.2 Å². The Morgan fingerprint density at radius 1 is 1.05 bits per heavy atom. The first-order chi connectivity index (χ1) is 19.1. The fourth-order valence-electron chi connectivity index (χ4n) is 4.99. The number of aryl methyl sites for hydroxylation is 1. The molecule has 2 amide bonds. The molecule has 1 N–H and O–H groups in total. The molecule has 0 bridgehead atoms. The summed E-state index contributed by atoms with van der Waals surface area (Å²) in [4.78, 5) is 29.4. The first-order valence-corrected chi connectivity index (χ1v) is 14.6. The second kappa shape index (κ2) is 11.2. The molecule has 1 atom stereocenters. The molecule has 11 nitrogen and oxygen atoms in total. The minimum atomic E-state index is -3.70. The number of nitrogens with zero attached hydrogens (tertiary/aromatic N) is 5. The summed E-state index contributed by atoms with van der Waals surface area (Å²) in [5.41, 5.74) is 1.65. The molecular weight excluding hydrogens is 532 g/mol. The Hall–Kier alpha value is -4.03. The number of sulfonamides is 1. The molecule has 0 spiro atoms. The lowest BCUT2D eigenvalue weighted by molar-refractivity contribution is -0.127. The van der Waals surface area contributed by atoms with E-state index in [1.807, 2.05) is 18.2 Å². The highest BCUT2D eigenvalue weighted by Crippen LogP contribution is 2.32. The van der Waals surface area contributed by atoms with Crippen molar-refractivity contribution in [2.24, 2.45) is 0 Å². The van der Waals surface area contributed by atoms with Gasteiger partial charge in [0.1, 0.15) is 23.6 Å². The smallest absolute Gasteiger partial charge is 0.251 e. The number of para-hydroxylation sites is 1. The van der Waals surface area contributed by atoms with Crippen LogP contribution in [-0.2, 0) is 26.2 Å². The summed E-state index contributed by atoms with van der Waals surface area (Å²) in [7, 11) is -0.799. The van der Waals surface area contributed by atoms with Gasteiger partial charge in [0.15, 0.2) is 6.04 Å². The van der Waals surface area contributed by atoms with E-state index < -0.39 is 22.0 Å². The van der Waals surface area contributed by atoms with Crippen molar-refractivity contribution in [3.05, 3.63) is 72.2 Å². The number of carbonyl (C=O) groups is 2. The molecule has 0 unspecified atom stereocenters. The van der Waals surface area contributed by atoms with Gasteiger partial charge >= 0.3 is 0 Å². The van der Waals surface area contributed by atoms with Crippen LogP contribution in [0.15, 0.2) is 70.0 Å². The van der Waals surface area contributed by atoms with E-state index in [4.69, 9.17) is 4.42 Å². The van der Waals surface area contributed by atoms with Gasteiger partial charge in [0, 0.05) is 25.8 Å². The van der Waals surface area contributed by atoms with Crippen molar-refractivity contribution in [3.63, 3.8) is 0 Å². The fraction of sp³-hybridized carbons (Fsp3) is 0.357. The first-order valence-electron chi connectivity index (χ1n) is 13.1. The van der Waals surface area contributed by atoms with Gasteiger partial charge in [-0.05, 0) is 68.3 Å². The van der Waals surface area contributed by atoms with Crippen molar-refractivity contribution in [2.45, 2.75) is 56.1 Å². The molecule has 1 aliphatic rings. The maximum atomic E-state index is 14.1. The predicted octanol–water partition coefficient (Wildman–Crippen LogP) is 3.42. The first kappa shape index (κ1) is 27.5. The number of aromatic nitrogens is 3. The Labute approximate surface area is 232 Å². The van der Waals surface area contributed by atoms with Crippen LogP contribution in [0.5, 0.6) is 0 Å². The zero-order valence-corrected chi connectivity index (χ0v) is 23.5. The summed E-state index contributed by atoms with van der Waals surface area (Å²) in [6.07, 6.45) is 3.79. The maximum absolute atomic E-state index is 14.1. The van der Waals surface area contributed by atoms with Crippen LogP contribution in [0.2, 0.25) is 0 Å². The molecular formula is C28H32N6O5S. The molecule has 210 valence electrons. The molecule has 4 aromatic rings. The lowest BCUT2D eigenvalue weighted by Crippen LogP contribution is -2.47. The third kappa shape index (κ3) is 5.50. The van der Waals surface area contributed by atoms with Crippen LogP contribution in [0, 0.1) is 6.92 Å². The van der Waals surface area contributed by atoms with E-state index in [2.05, 4.69) is 15.6 Å². The van der Waals surface area contributed by atoms with Crippen molar-refractivity contribution >= 4 is 38.6 Å². The molecule has 2 heterocycles. The van der Waals surface area contributed by atoms with Gasteiger partial charge in [0.05, 0.1) is 10.4 Å². The largest absolute Gasteiger partial charge is 0.464 e. The van der Waals surface area contributed by atoms with Crippen molar-refractivity contribution in [1.29, 1.82) is 0 Å². The predicted molar refractivity (Wildman–Crippen MR) is 149 cm³/mol. The summed E-state index contributed by atoms with van der Waals surface area (Å²) in [6, 6.07) is 15.5. The monoisotopic (exact) mass is 564 g/mol. The molecule has 0 saturated heterocycles. The van der Waals surface area contributed by atoms with Crippen LogP contribution >= 0.6 is 0 Å². The summed E-state index contributed by atoms with van der Waals surface area (Å²) < 4.78 is 33.9. The number of nitrogens with one attached hydrogen (secondary N) is 1. The van der Waals surface area contributed by atoms with Crippen molar-refractivity contribution in [2.75, 3.05) is 19.0 Å². The Morgan fingerprint density at radius 2 is 1.75 bits per heavy atom. The number of carbonyl (C=O) groups excluding carboxylic acids is 2. The molecule has 1 aliphatic carbocycles. The van der Waals surface area contributed by atoms with E-state index in [0.29, 0.717) is 28.2 Å². The summed E-state index contributed by atoms with van der Waals surface area (Å²) >= 11 is 0. The Kier molecular flexibility index (Phi) is 7.72. The van der Waals surface area contributed by atoms with E-state index in [-0.39, 0.29) is 23.4 Å². The van der Waals surface area contributed by atoms with Crippen molar-refractivity contribution in [3.8, 4) is 0 Å². The van der Waals surface area contributed by atoms with Gasteiger partial charge in [-0.25, -0.2) is 17.4 Å². The Morgan fingerprint density at radius 3 is 2.40 bits per heavy atom. The highest BCUT2D eigenvalue weighted by Gasteiger charge is 2.37. The summed E-state index contributed by atoms with van der Waals surface area (Å²) in [5.74, 6) is 0.0769. The SMILES string of the molecule is Cc1ccc([C@@H](C(=O)NC2CCCC2)N(C(=O)Cn2nnc3ccccc32)c2ccc(S(=O)(=O)N(C)C)cc2)o1. The summed E-state index contributed by atoms with van der Waals surface area (Å²) in [5, 5.41) is 11.4. The van der Waals surface area contributed by atoms with Crippen LogP contribution in [0.25, 0.3) is 11.0 Å². The maximum Gasteiger partial charge on any atom is 0.251 e. The zero-order chi connectivity index (χ0) is 28.4. The van der Waals surface area contributed by atoms with Gasteiger partial charge in [0.2, 0.25) is 15.9 Å². The van der Waals surface area contributed by atoms with Crippen LogP contribution in [0.1, 0.15) is 43.2 Å². The van der Waals surface area contributed by atoms with Gasteiger partial charge in [-0.3, -0.25) is 14.5 Å². The average molecular weight is 565 g/mol. The van der Waals surface area contributed by atoms with Crippen LogP contribution in [0.3, 0.4) is 0 Å². The van der Waals surface area contributed by atoms with Crippen molar-refractivity contribution < 1.29 is 22.4 Å². The van der Waals surface area contributed by atoms with Gasteiger partial charge < -0.3 is 9.73 Å². The minimum Gasteiger partial charge on any atom is -0.464 e. The molecule has 12 heteroatoms. The number of fused-ring (bicyclic) bond motifs is 1. The lowest BCUT2D eigenvalue weighted by atomic mass is 10.1. The molecule has 0 aliphatic heterocycles. The van der Waals surface area contributed by atoms with E-state index in [0.717, 1.165) is 30.0 Å². The summed E-state index contributed by atoms with van der Waals surface area (Å²) in [6.45, 7) is 1.56. The van der Waals surface area contributed by atoms with E-state index in [1.54, 1.807) is 25.1 Å². The average Bonchev–Trinajstić information content (AvgIpc) is 3.69. The third-order valence-electron chi connectivity index (χ3n) is 7.11. The quantitative estimate of drug-likeness (QED) is 0.330. The lowest BCUT2D eigenvalue weighted by Gasteiger charge is -2.31.